The molecule has 1 N–H and O–H groups in total. The van der Waals surface area contributed by atoms with E-state index in [-0.39, 0.29) is 18.5 Å². The summed E-state index contributed by atoms with van der Waals surface area (Å²) >= 11 is 0. The maximum absolute atomic E-state index is 11.9. The van der Waals surface area contributed by atoms with Crippen molar-refractivity contribution in [1.82, 2.24) is 10.2 Å². The highest BCUT2D eigenvalue weighted by Gasteiger charge is 2.27. The van der Waals surface area contributed by atoms with Crippen molar-refractivity contribution in [1.29, 1.82) is 0 Å². The summed E-state index contributed by atoms with van der Waals surface area (Å²) in [4.78, 5) is 13.7. The molecule has 1 aliphatic rings. The summed E-state index contributed by atoms with van der Waals surface area (Å²) in [7, 11) is 0. The molecule has 0 unspecified atom stereocenters. The van der Waals surface area contributed by atoms with E-state index in [0.29, 0.717) is 12.0 Å². The highest BCUT2D eigenvalue weighted by atomic mass is 35.5. The number of carbonyl (C=O) groups excluding carboxylic acids is 1. The molecular formula is C13H27ClN2O2. The Labute approximate surface area is 117 Å². The Hall–Kier alpha value is -0.480. The highest BCUT2D eigenvalue weighted by Crippen LogP contribution is 2.14. The molecule has 0 spiro atoms. The molecule has 5 heteroatoms. The second-order valence-corrected chi connectivity index (χ2v) is 6.21. The Morgan fingerprint density at radius 2 is 2.06 bits per heavy atom. The SMILES string of the molecule is CC(C)C[C@@H]1CN(C(=O)OC(C)(C)C)CCN1.Cl. The Balaban J connectivity index is 0.00000289. The molecule has 1 atom stereocenters. The number of piperazine rings is 1. The standard InChI is InChI=1S/C13H26N2O2.ClH/c1-10(2)8-11-9-15(7-6-14-11)12(16)17-13(3,4)5;/h10-11,14H,6-9H2,1-5H3;1H/t11-;/m1./s1. The fourth-order valence-corrected chi connectivity index (χ4v) is 2.04. The lowest BCUT2D eigenvalue weighted by atomic mass is 10.0. The summed E-state index contributed by atoms with van der Waals surface area (Å²) in [5.41, 5.74) is -0.407. The molecule has 0 saturated carbocycles. The smallest absolute Gasteiger partial charge is 0.410 e. The van der Waals surface area contributed by atoms with E-state index in [4.69, 9.17) is 4.74 Å². The zero-order chi connectivity index (χ0) is 13.1. The van der Waals surface area contributed by atoms with Gasteiger partial charge in [0.1, 0.15) is 5.60 Å². The van der Waals surface area contributed by atoms with Gasteiger partial charge in [-0.1, -0.05) is 13.8 Å². The molecule has 4 nitrogen and oxygen atoms in total. The number of amides is 1. The van der Waals surface area contributed by atoms with Crippen LogP contribution < -0.4 is 5.32 Å². The van der Waals surface area contributed by atoms with Gasteiger partial charge in [0.2, 0.25) is 0 Å². The van der Waals surface area contributed by atoms with Gasteiger partial charge in [-0.2, -0.15) is 0 Å². The normalized spacial score (nSPS) is 20.6. The molecule has 1 aliphatic heterocycles. The van der Waals surface area contributed by atoms with Crippen LogP contribution in [-0.2, 0) is 4.74 Å². The molecule has 0 bridgehead atoms. The maximum Gasteiger partial charge on any atom is 0.410 e. The summed E-state index contributed by atoms with van der Waals surface area (Å²) in [6, 6.07) is 0.399. The number of hydrogen-bond donors (Lipinski definition) is 1. The number of nitrogens with zero attached hydrogens (tertiary/aromatic N) is 1. The van der Waals surface area contributed by atoms with Crippen LogP contribution in [0.4, 0.5) is 4.79 Å². The van der Waals surface area contributed by atoms with Gasteiger partial charge < -0.3 is 15.0 Å². The fraction of sp³-hybridized carbons (Fsp3) is 0.923. The van der Waals surface area contributed by atoms with Crippen LogP contribution in [0.25, 0.3) is 0 Å². The lowest BCUT2D eigenvalue weighted by Gasteiger charge is -2.35. The Morgan fingerprint density at radius 3 is 2.56 bits per heavy atom. The van der Waals surface area contributed by atoms with Gasteiger partial charge in [-0.15, -0.1) is 12.4 Å². The van der Waals surface area contributed by atoms with Crippen LogP contribution in [0.1, 0.15) is 41.0 Å². The number of halogens is 1. The number of hydrogen-bond acceptors (Lipinski definition) is 3. The third-order valence-corrected chi connectivity index (χ3v) is 2.66. The minimum atomic E-state index is -0.407. The van der Waals surface area contributed by atoms with Gasteiger partial charge in [-0.05, 0) is 33.1 Å². The van der Waals surface area contributed by atoms with Crippen molar-refractivity contribution in [3.05, 3.63) is 0 Å². The van der Waals surface area contributed by atoms with Gasteiger partial charge >= 0.3 is 6.09 Å². The van der Waals surface area contributed by atoms with Crippen molar-refractivity contribution in [3.8, 4) is 0 Å². The van der Waals surface area contributed by atoms with E-state index in [0.717, 1.165) is 26.1 Å². The van der Waals surface area contributed by atoms with Crippen LogP contribution in [0, 0.1) is 5.92 Å². The van der Waals surface area contributed by atoms with Crippen LogP contribution in [-0.4, -0.2) is 42.3 Å². The average molecular weight is 279 g/mol. The zero-order valence-electron chi connectivity index (χ0n) is 12.2. The Kier molecular flexibility index (Phi) is 7.00. The Bertz CT molecular complexity index is 264. The van der Waals surface area contributed by atoms with Crippen LogP contribution >= 0.6 is 12.4 Å². The van der Waals surface area contributed by atoms with E-state index in [1.54, 1.807) is 0 Å². The van der Waals surface area contributed by atoms with Crippen molar-refractivity contribution in [3.63, 3.8) is 0 Å². The third kappa shape index (κ3) is 6.45. The van der Waals surface area contributed by atoms with E-state index < -0.39 is 5.60 Å². The van der Waals surface area contributed by atoms with Gasteiger partial charge in [0.05, 0.1) is 0 Å². The zero-order valence-corrected chi connectivity index (χ0v) is 13.0. The van der Waals surface area contributed by atoms with Gasteiger partial charge in [0.15, 0.2) is 0 Å². The van der Waals surface area contributed by atoms with E-state index >= 15 is 0 Å². The van der Waals surface area contributed by atoms with Gasteiger partial charge in [-0.3, -0.25) is 0 Å². The first-order valence-corrected chi connectivity index (χ1v) is 6.49. The summed E-state index contributed by atoms with van der Waals surface area (Å²) in [5, 5.41) is 3.45. The molecule has 1 rings (SSSR count). The monoisotopic (exact) mass is 278 g/mol. The minimum Gasteiger partial charge on any atom is -0.444 e. The minimum absolute atomic E-state index is 0. The van der Waals surface area contributed by atoms with E-state index in [1.165, 1.54) is 0 Å². The number of rotatable bonds is 2. The molecule has 1 fully saturated rings. The number of nitrogens with one attached hydrogen (secondary N) is 1. The first-order chi connectivity index (χ1) is 7.78. The van der Waals surface area contributed by atoms with Gasteiger partial charge in [0.25, 0.3) is 0 Å². The topological polar surface area (TPSA) is 41.6 Å². The van der Waals surface area contributed by atoms with Crippen LogP contribution in [0.3, 0.4) is 0 Å². The van der Waals surface area contributed by atoms with Crippen LogP contribution in [0.15, 0.2) is 0 Å². The summed E-state index contributed by atoms with van der Waals surface area (Å²) in [5.74, 6) is 0.645. The van der Waals surface area contributed by atoms with E-state index in [9.17, 15) is 4.79 Å². The molecule has 1 amide bonds. The number of carbonyl (C=O) groups is 1. The Morgan fingerprint density at radius 1 is 1.44 bits per heavy atom. The van der Waals surface area contributed by atoms with Crippen molar-refractivity contribution in [2.45, 2.75) is 52.7 Å². The molecule has 108 valence electrons. The molecule has 0 aliphatic carbocycles. The average Bonchev–Trinajstić information content (AvgIpc) is 2.14. The van der Waals surface area contributed by atoms with Crippen molar-refractivity contribution < 1.29 is 9.53 Å². The second-order valence-electron chi connectivity index (χ2n) is 6.21. The molecule has 1 heterocycles. The molecule has 18 heavy (non-hydrogen) atoms. The number of ether oxygens (including phenoxy) is 1. The molecule has 1 saturated heterocycles. The van der Waals surface area contributed by atoms with Crippen molar-refractivity contribution >= 4 is 18.5 Å². The molecule has 0 aromatic rings. The van der Waals surface area contributed by atoms with Crippen molar-refractivity contribution in [2.75, 3.05) is 19.6 Å². The first-order valence-electron chi connectivity index (χ1n) is 6.49. The summed E-state index contributed by atoms with van der Waals surface area (Å²) in [6.45, 7) is 12.5. The molecule has 0 aromatic carbocycles. The molecule has 0 radical (unpaired) electrons. The molecular weight excluding hydrogens is 252 g/mol. The lowest BCUT2D eigenvalue weighted by molar-refractivity contribution is 0.0188. The fourth-order valence-electron chi connectivity index (χ4n) is 2.04. The lowest BCUT2D eigenvalue weighted by Crippen LogP contribution is -2.53. The summed E-state index contributed by atoms with van der Waals surface area (Å²) < 4.78 is 5.39. The van der Waals surface area contributed by atoms with Gasteiger partial charge in [-0.25, -0.2) is 4.79 Å². The second kappa shape index (κ2) is 7.19. The van der Waals surface area contributed by atoms with Crippen molar-refractivity contribution in [2.24, 2.45) is 5.92 Å². The molecule has 0 aromatic heterocycles. The predicted molar refractivity (Wildman–Crippen MR) is 76.3 cm³/mol. The van der Waals surface area contributed by atoms with E-state index in [2.05, 4.69) is 19.2 Å². The largest absolute Gasteiger partial charge is 0.444 e. The predicted octanol–water partition coefficient (Wildman–Crippen LogP) is 2.66. The maximum atomic E-state index is 11.9. The van der Waals surface area contributed by atoms with Crippen LogP contribution in [0.5, 0.6) is 0 Å². The highest BCUT2D eigenvalue weighted by molar-refractivity contribution is 5.85. The first kappa shape index (κ1) is 17.5. The van der Waals surface area contributed by atoms with Crippen LogP contribution in [0.2, 0.25) is 0 Å². The van der Waals surface area contributed by atoms with E-state index in [1.807, 2.05) is 25.7 Å². The quantitative estimate of drug-likeness (QED) is 0.844. The third-order valence-electron chi connectivity index (χ3n) is 2.66. The van der Waals surface area contributed by atoms with Gasteiger partial charge in [0, 0.05) is 25.7 Å². The summed E-state index contributed by atoms with van der Waals surface area (Å²) in [6.07, 6.45) is 0.909.